The Morgan fingerprint density at radius 3 is 3.00 bits per heavy atom. The molecule has 0 aliphatic carbocycles. The predicted molar refractivity (Wildman–Crippen MR) is 87.3 cm³/mol. The molecule has 0 amide bonds. The van der Waals surface area contributed by atoms with Gasteiger partial charge in [0.25, 0.3) is 0 Å². The number of pyridine rings is 1. The van der Waals surface area contributed by atoms with Gasteiger partial charge in [-0.15, -0.1) is 5.10 Å². The van der Waals surface area contributed by atoms with Crippen molar-refractivity contribution < 1.29 is 19.4 Å². The van der Waals surface area contributed by atoms with Gasteiger partial charge in [0, 0.05) is 19.0 Å². The van der Waals surface area contributed by atoms with Crippen LogP contribution in [0.4, 0.5) is 0 Å². The van der Waals surface area contributed by atoms with Gasteiger partial charge < -0.3 is 14.6 Å². The maximum atomic E-state index is 11.9. The average Bonchev–Trinajstić information content (AvgIpc) is 3.00. The summed E-state index contributed by atoms with van der Waals surface area (Å²) in [6, 6.07) is 3.38. The number of esters is 1. The molecule has 3 aromatic rings. The molecule has 0 saturated carbocycles. The van der Waals surface area contributed by atoms with Crippen LogP contribution in [0.2, 0.25) is 5.02 Å². The Kier molecular flexibility index (Phi) is 5.17. The molecule has 130 valence electrons. The normalized spacial score (nSPS) is 12.3. The lowest BCUT2D eigenvalue weighted by molar-refractivity contribution is -0.149. The van der Waals surface area contributed by atoms with E-state index in [9.17, 15) is 9.90 Å². The number of carbonyl (C=O) groups excluding carboxylic acids is 1. The lowest BCUT2D eigenvalue weighted by Crippen LogP contribution is -2.20. The molecule has 0 aliphatic rings. The Hall–Kier alpha value is -2.62. The van der Waals surface area contributed by atoms with E-state index in [1.165, 1.54) is 11.0 Å². The van der Waals surface area contributed by atoms with Gasteiger partial charge in [0.2, 0.25) is 5.88 Å². The second-order valence-corrected chi connectivity index (χ2v) is 5.29. The number of aromatic nitrogens is 5. The molecule has 3 aromatic heterocycles. The number of halogens is 1. The summed E-state index contributed by atoms with van der Waals surface area (Å²) in [6.07, 6.45) is 2.81. The molecule has 1 N–H and O–H groups in total. The minimum Gasteiger partial charge on any atom is -0.406 e. The molecule has 0 radical (unpaired) electrons. The summed E-state index contributed by atoms with van der Waals surface area (Å²) in [7, 11) is 0. The summed E-state index contributed by atoms with van der Waals surface area (Å²) in [5, 5.41) is 14.6. The molecule has 0 aliphatic heterocycles. The van der Waals surface area contributed by atoms with E-state index in [0.717, 1.165) is 0 Å². The van der Waals surface area contributed by atoms with Crippen LogP contribution in [0.5, 0.6) is 5.88 Å². The maximum absolute atomic E-state index is 11.9. The standard InChI is InChI=1S/C15H14ClN5O4/c1-2-24-11(22)6-12(23)25-15-9-7-21(20-13(9)18-8-19-15)14-10(16)4-3-5-17-14/h3-5,7-8,11,22H,2,6H2,1H3. The molecule has 0 saturated heterocycles. The van der Waals surface area contributed by atoms with Crippen LogP contribution in [0.25, 0.3) is 16.9 Å². The van der Waals surface area contributed by atoms with Crippen molar-refractivity contribution in [2.75, 3.05) is 6.61 Å². The van der Waals surface area contributed by atoms with E-state index in [4.69, 9.17) is 21.1 Å². The molecule has 1 unspecified atom stereocenters. The molecule has 9 nitrogen and oxygen atoms in total. The average molecular weight is 364 g/mol. The molecule has 0 fully saturated rings. The van der Waals surface area contributed by atoms with Crippen LogP contribution in [0.3, 0.4) is 0 Å². The maximum Gasteiger partial charge on any atom is 0.317 e. The van der Waals surface area contributed by atoms with Crippen LogP contribution in [0.1, 0.15) is 13.3 Å². The SMILES string of the molecule is CCOC(O)CC(=O)Oc1ncnc2nn(-c3ncccc3Cl)cc12. The molecule has 1 atom stereocenters. The van der Waals surface area contributed by atoms with E-state index in [1.54, 1.807) is 31.5 Å². The molecule has 0 aromatic carbocycles. The highest BCUT2D eigenvalue weighted by Gasteiger charge is 2.17. The third kappa shape index (κ3) is 3.90. The smallest absolute Gasteiger partial charge is 0.317 e. The summed E-state index contributed by atoms with van der Waals surface area (Å²) in [5.74, 6) is -0.257. The van der Waals surface area contributed by atoms with E-state index in [2.05, 4.69) is 20.1 Å². The quantitative estimate of drug-likeness (QED) is 0.518. The highest BCUT2D eigenvalue weighted by molar-refractivity contribution is 6.32. The van der Waals surface area contributed by atoms with E-state index < -0.39 is 12.3 Å². The summed E-state index contributed by atoms with van der Waals surface area (Å²) >= 11 is 6.11. The van der Waals surface area contributed by atoms with Crippen LogP contribution in [-0.2, 0) is 9.53 Å². The summed E-state index contributed by atoms with van der Waals surface area (Å²) in [4.78, 5) is 24.0. The van der Waals surface area contributed by atoms with E-state index in [0.29, 0.717) is 21.9 Å². The number of ether oxygens (including phenoxy) is 2. The molecule has 25 heavy (non-hydrogen) atoms. The van der Waals surface area contributed by atoms with Crippen molar-refractivity contribution in [1.82, 2.24) is 24.7 Å². The van der Waals surface area contributed by atoms with Crippen LogP contribution in [0, 0.1) is 0 Å². The van der Waals surface area contributed by atoms with E-state index >= 15 is 0 Å². The largest absolute Gasteiger partial charge is 0.406 e. The van der Waals surface area contributed by atoms with Crippen molar-refractivity contribution in [1.29, 1.82) is 0 Å². The molecular weight excluding hydrogens is 350 g/mol. The lowest BCUT2D eigenvalue weighted by Gasteiger charge is -2.09. The molecule has 10 heteroatoms. The Morgan fingerprint density at radius 2 is 2.24 bits per heavy atom. The first-order chi connectivity index (χ1) is 12.1. The van der Waals surface area contributed by atoms with Gasteiger partial charge in [-0.1, -0.05) is 11.6 Å². The Bertz CT molecular complexity index is 901. The minimum atomic E-state index is -1.23. The number of hydrogen-bond donors (Lipinski definition) is 1. The fraction of sp³-hybridized carbons (Fsp3) is 0.267. The number of rotatable bonds is 6. The van der Waals surface area contributed by atoms with Gasteiger partial charge in [-0.05, 0) is 19.1 Å². The first kappa shape index (κ1) is 17.2. The fourth-order valence-corrected chi connectivity index (χ4v) is 2.30. The van der Waals surface area contributed by atoms with Gasteiger partial charge in [-0.3, -0.25) is 4.79 Å². The van der Waals surface area contributed by atoms with Crippen LogP contribution in [0.15, 0.2) is 30.9 Å². The topological polar surface area (TPSA) is 112 Å². The van der Waals surface area contributed by atoms with Gasteiger partial charge in [0.1, 0.15) is 11.7 Å². The van der Waals surface area contributed by atoms with Gasteiger partial charge in [0.15, 0.2) is 17.8 Å². The van der Waals surface area contributed by atoms with Gasteiger partial charge in [-0.25, -0.2) is 19.6 Å². The Labute approximate surface area is 147 Å². The van der Waals surface area contributed by atoms with E-state index in [-0.39, 0.29) is 18.9 Å². The van der Waals surface area contributed by atoms with Crippen molar-refractivity contribution in [2.45, 2.75) is 19.6 Å². The van der Waals surface area contributed by atoms with Crippen molar-refractivity contribution >= 4 is 28.6 Å². The summed E-state index contributed by atoms with van der Waals surface area (Å²) in [5.41, 5.74) is 0.310. The third-order valence-electron chi connectivity index (χ3n) is 3.15. The van der Waals surface area contributed by atoms with Gasteiger partial charge >= 0.3 is 5.97 Å². The molecule has 3 rings (SSSR count). The number of carbonyl (C=O) groups is 1. The number of fused-ring (bicyclic) bond motifs is 1. The molecular formula is C15H14ClN5O4. The van der Waals surface area contributed by atoms with Crippen molar-refractivity contribution in [2.24, 2.45) is 0 Å². The first-order valence-corrected chi connectivity index (χ1v) is 7.78. The summed E-state index contributed by atoms with van der Waals surface area (Å²) in [6.45, 7) is 1.99. The molecule has 0 spiro atoms. The zero-order valence-electron chi connectivity index (χ0n) is 13.2. The fourth-order valence-electron chi connectivity index (χ4n) is 2.10. The number of nitrogens with zero attached hydrogens (tertiary/aromatic N) is 5. The number of hydrogen-bond acceptors (Lipinski definition) is 8. The zero-order valence-corrected chi connectivity index (χ0v) is 13.9. The first-order valence-electron chi connectivity index (χ1n) is 7.40. The molecule has 0 bridgehead atoms. The van der Waals surface area contributed by atoms with Crippen molar-refractivity contribution in [3.63, 3.8) is 0 Å². The molecule has 3 heterocycles. The highest BCUT2D eigenvalue weighted by Crippen LogP contribution is 2.24. The third-order valence-corrected chi connectivity index (χ3v) is 3.44. The number of aliphatic hydroxyl groups is 1. The Balaban J connectivity index is 1.87. The van der Waals surface area contributed by atoms with E-state index in [1.807, 2.05) is 0 Å². The summed E-state index contributed by atoms with van der Waals surface area (Å²) < 4.78 is 11.5. The monoisotopic (exact) mass is 363 g/mol. The minimum absolute atomic E-state index is 0.0250. The van der Waals surface area contributed by atoms with Crippen LogP contribution < -0.4 is 4.74 Å². The second-order valence-electron chi connectivity index (χ2n) is 4.89. The van der Waals surface area contributed by atoms with Crippen LogP contribution >= 0.6 is 11.6 Å². The zero-order chi connectivity index (χ0) is 17.8. The lowest BCUT2D eigenvalue weighted by atomic mass is 10.4. The van der Waals surface area contributed by atoms with Crippen molar-refractivity contribution in [3.8, 4) is 11.7 Å². The highest BCUT2D eigenvalue weighted by atomic mass is 35.5. The predicted octanol–water partition coefficient (Wildman–Crippen LogP) is 1.51. The Morgan fingerprint density at radius 1 is 1.40 bits per heavy atom. The second kappa shape index (κ2) is 7.51. The van der Waals surface area contributed by atoms with Crippen molar-refractivity contribution in [3.05, 3.63) is 35.9 Å². The van der Waals surface area contributed by atoms with Crippen LogP contribution in [-0.4, -0.2) is 48.7 Å². The van der Waals surface area contributed by atoms with Gasteiger partial charge in [0.05, 0.1) is 11.4 Å². The van der Waals surface area contributed by atoms with Gasteiger partial charge in [-0.2, -0.15) is 0 Å². The number of aliphatic hydroxyl groups excluding tert-OH is 1.